The number of benzene rings is 1. The van der Waals surface area contributed by atoms with Gasteiger partial charge in [0, 0.05) is 29.4 Å². The maximum atomic E-state index is 12.0. The molecule has 0 saturated heterocycles. The van der Waals surface area contributed by atoms with Crippen molar-refractivity contribution in [1.29, 1.82) is 0 Å². The quantitative estimate of drug-likeness (QED) is 0.852. The lowest BCUT2D eigenvalue weighted by Crippen LogP contribution is -2.30. The molecule has 4 heteroatoms. The van der Waals surface area contributed by atoms with Crippen LogP contribution in [0.25, 0.3) is 10.9 Å². The zero-order chi connectivity index (χ0) is 13.7. The maximum Gasteiger partial charge on any atom is 0.252 e. The highest BCUT2D eigenvalue weighted by molar-refractivity contribution is 7.99. The van der Waals surface area contributed by atoms with E-state index in [4.69, 9.17) is 0 Å². The van der Waals surface area contributed by atoms with Gasteiger partial charge in [0.15, 0.2) is 0 Å². The number of rotatable bonds is 6. The van der Waals surface area contributed by atoms with Crippen LogP contribution in [0.5, 0.6) is 0 Å². The van der Waals surface area contributed by atoms with E-state index in [9.17, 15) is 4.79 Å². The number of hydrogen-bond acceptors (Lipinski definition) is 3. The first-order valence-electron chi connectivity index (χ1n) is 6.62. The van der Waals surface area contributed by atoms with E-state index in [-0.39, 0.29) is 5.56 Å². The van der Waals surface area contributed by atoms with Gasteiger partial charge in [-0.05, 0) is 30.2 Å². The Hall–Kier alpha value is -1.26. The molecule has 0 radical (unpaired) electrons. The van der Waals surface area contributed by atoms with Gasteiger partial charge in [0.25, 0.3) is 5.56 Å². The van der Waals surface area contributed by atoms with Crippen LogP contribution in [0.4, 0.5) is 0 Å². The molecule has 0 amide bonds. The Morgan fingerprint density at radius 3 is 2.95 bits per heavy atom. The number of pyridine rings is 1. The molecule has 3 nitrogen and oxygen atoms in total. The normalized spacial score (nSPS) is 12.7. The van der Waals surface area contributed by atoms with Gasteiger partial charge < -0.3 is 10.3 Å². The molecule has 0 spiro atoms. The molecule has 1 heterocycles. The van der Waals surface area contributed by atoms with E-state index >= 15 is 0 Å². The number of nitrogens with one attached hydrogen (secondary N) is 2. The Balaban J connectivity index is 2.08. The monoisotopic (exact) mass is 276 g/mol. The summed E-state index contributed by atoms with van der Waals surface area (Å²) in [7, 11) is 0. The molecule has 1 aromatic heterocycles. The summed E-state index contributed by atoms with van der Waals surface area (Å²) < 4.78 is 0. The molecule has 2 aromatic rings. The Bertz CT molecular complexity index is 594. The zero-order valence-electron chi connectivity index (χ0n) is 11.4. The van der Waals surface area contributed by atoms with Gasteiger partial charge in [-0.1, -0.05) is 25.1 Å². The standard InChI is InChI=1S/C15H20N2OS/c1-3-19-10-11(2)16-9-13-8-12-6-4-5-7-14(12)17-15(13)18/h4-8,11,16H,3,9-10H2,1-2H3,(H,17,18). The van der Waals surface area contributed by atoms with Gasteiger partial charge in [-0.2, -0.15) is 11.8 Å². The first kappa shape index (κ1) is 14.2. The fourth-order valence-corrected chi connectivity index (χ4v) is 2.67. The van der Waals surface area contributed by atoms with Gasteiger partial charge >= 0.3 is 0 Å². The second-order valence-corrected chi connectivity index (χ2v) is 5.97. The average Bonchev–Trinajstić information content (AvgIpc) is 2.42. The average molecular weight is 276 g/mol. The summed E-state index contributed by atoms with van der Waals surface area (Å²) in [5.41, 5.74) is 1.69. The first-order chi connectivity index (χ1) is 9.20. The largest absolute Gasteiger partial charge is 0.322 e. The number of hydrogen-bond donors (Lipinski definition) is 2. The number of H-pyrrole nitrogens is 1. The van der Waals surface area contributed by atoms with Crippen LogP contribution in [0.1, 0.15) is 19.4 Å². The molecule has 1 unspecified atom stereocenters. The fraction of sp³-hybridized carbons (Fsp3) is 0.400. The summed E-state index contributed by atoms with van der Waals surface area (Å²) >= 11 is 1.91. The molecule has 1 aromatic carbocycles. The number of fused-ring (bicyclic) bond motifs is 1. The Morgan fingerprint density at radius 2 is 2.16 bits per heavy atom. The summed E-state index contributed by atoms with van der Waals surface area (Å²) in [6.07, 6.45) is 0. The highest BCUT2D eigenvalue weighted by Crippen LogP contribution is 2.10. The van der Waals surface area contributed by atoms with Crippen LogP contribution < -0.4 is 10.9 Å². The van der Waals surface area contributed by atoms with Crippen LogP contribution in [0, 0.1) is 0 Å². The Labute approximate surface area is 117 Å². The fourth-order valence-electron chi connectivity index (χ4n) is 1.96. The minimum atomic E-state index is 0.00143. The van der Waals surface area contributed by atoms with Crippen molar-refractivity contribution in [3.05, 3.63) is 46.2 Å². The van der Waals surface area contributed by atoms with Crippen molar-refractivity contribution in [2.75, 3.05) is 11.5 Å². The molecule has 0 bridgehead atoms. The molecule has 19 heavy (non-hydrogen) atoms. The summed E-state index contributed by atoms with van der Waals surface area (Å²) in [4.78, 5) is 14.9. The van der Waals surface area contributed by atoms with Crippen molar-refractivity contribution in [1.82, 2.24) is 10.3 Å². The number of aromatic nitrogens is 1. The third-order valence-electron chi connectivity index (χ3n) is 3.04. The molecule has 0 aliphatic heterocycles. The third kappa shape index (κ3) is 3.85. The molecule has 0 saturated carbocycles. The van der Waals surface area contributed by atoms with Crippen LogP contribution >= 0.6 is 11.8 Å². The molecule has 102 valence electrons. The van der Waals surface area contributed by atoms with Crippen LogP contribution in [0.3, 0.4) is 0 Å². The lowest BCUT2D eigenvalue weighted by molar-refractivity contribution is 0.593. The topological polar surface area (TPSA) is 44.9 Å². The predicted molar refractivity (Wildman–Crippen MR) is 83.9 cm³/mol. The van der Waals surface area contributed by atoms with Gasteiger partial charge in [-0.15, -0.1) is 0 Å². The highest BCUT2D eigenvalue weighted by atomic mass is 32.2. The molecule has 1 atom stereocenters. The summed E-state index contributed by atoms with van der Waals surface area (Å²) in [5.74, 6) is 2.20. The van der Waals surface area contributed by atoms with Crippen molar-refractivity contribution in [2.24, 2.45) is 0 Å². The van der Waals surface area contributed by atoms with Crippen LogP contribution in [-0.2, 0) is 6.54 Å². The SMILES string of the molecule is CCSCC(C)NCc1cc2ccccc2[nH]c1=O. The van der Waals surface area contributed by atoms with Crippen LogP contribution in [0.2, 0.25) is 0 Å². The van der Waals surface area contributed by atoms with E-state index in [2.05, 4.69) is 24.1 Å². The van der Waals surface area contributed by atoms with Gasteiger partial charge in [-0.25, -0.2) is 0 Å². The number of thioether (sulfide) groups is 1. The van der Waals surface area contributed by atoms with Gasteiger partial charge in [0.2, 0.25) is 0 Å². The van der Waals surface area contributed by atoms with Crippen LogP contribution in [-0.4, -0.2) is 22.5 Å². The molecular formula is C15H20N2OS. The van der Waals surface area contributed by atoms with Crippen molar-refractivity contribution in [3.8, 4) is 0 Å². The van der Waals surface area contributed by atoms with E-state index in [0.29, 0.717) is 12.6 Å². The smallest absolute Gasteiger partial charge is 0.252 e. The van der Waals surface area contributed by atoms with E-state index in [1.165, 1.54) is 0 Å². The van der Waals surface area contributed by atoms with E-state index in [1.807, 2.05) is 42.1 Å². The van der Waals surface area contributed by atoms with Gasteiger partial charge in [0.1, 0.15) is 0 Å². The Morgan fingerprint density at radius 1 is 1.37 bits per heavy atom. The van der Waals surface area contributed by atoms with Gasteiger partial charge in [-0.3, -0.25) is 4.79 Å². The van der Waals surface area contributed by atoms with E-state index < -0.39 is 0 Å². The van der Waals surface area contributed by atoms with E-state index in [1.54, 1.807) is 0 Å². The first-order valence-corrected chi connectivity index (χ1v) is 7.78. The molecule has 2 N–H and O–H groups in total. The minimum absolute atomic E-state index is 0.00143. The second-order valence-electron chi connectivity index (χ2n) is 4.65. The summed E-state index contributed by atoms with van der Waals surface area (Å²) in [6, 6.07) is 10.2. The van der Waals surface area contributed by atoms with Crippen molar-refractivity contribution < 1.29 is 0 Å². The third-order valence-corrected chi connectivity index (χ3v) is 4.19. The molecule has 0 aliphatic carbocycles. The van der Waals surface area contributed by atoms with Crippen molar-refractivity contribution in [3.63, 3.8) is 0 Å². The van der Waals surface area contributed by atoms with Crippen molar-refractivity contribution in [2.45, 2.75) is 26.4 Å². The molecule has 0 aliphatic rings. The number of aromatic amines is 1. The summed E-state index contributed by atoms with van der Waals surface area (Å²) in [6.45, 7) is 4.93. The molecule has 2 rings (SSSR count). The molecule has 0 fully saturated rings. The number of para-hydroxylation sites is 1. The highest BCUT2D eigenvalue weighted by Gasteiger charge is 2.05. The van der Waals surface area contributed by atoms with Crippen molar-refractivity contribution >= 4 is 22.7 Å². The lowest BCUT2D eigenvalue weighted by Gasteiger charge is -2.12. The maximum absolute atomic E-state index is 12.0. The molecular weight excluding hydrogens is 256 g/mol. The zero-order valence-corrected chi connectivity index (χ0v) is 12.2. The van der Waals surface area contributed by atoms with E-state index in [0.717, 1.165) is 28.0 Å². The Kier molecular flexibility index (Phi) is 5.05. The lowest BCUT2D eigenvalue weighted by atomic mass is 10.1. The van der Waals surface area contributed by atoms with Gasteiger partial charge in [0.05, 0.1) is 0 Å². The predicted octanol–water partition coefficient (Wildman–Crippen LogP) is 2.76. The second kappa shape index (κ2) is 6.78. The van der Waals surface area contributed by atoms with Crippen LogP contribution in [0.15, 0.2) is 35.1 Å². The summed E-state index contributed by atoms with van der Waals surface area (Å²) in [5, 5.41) is 4.48. The minimum Gasteiger partial charge on any atom is -0.322 e.